The number of aromatic nitrogens is 2. The molecule has 1 heterocycles. The summed E-state index contributed by atoms with van der Waals surface area (Å²) in [5.41, 5.74) is 0.901. The fourth-order valence-electron chi connectivity index (χ4n) is 1.58. The molecule has 0 saturated heterocycles. The highest BCUT2D eigenvalue weighted by Gasteiger charge is 2.17. The first-order valence-corrected chi connectivity index (χ1v) is 6.24. The van der Waals surface area contributed by atoms with E-state index in [1.165, 1.54) is 0 Å². The molecular formula is C11H19BrN2O. The zero-order chi connectivity index (χ0) is 11.4. The van der Waals surface area contributed by atoms with E-state index in [9.17, 15) is 5.11 Å². The normalized spacial score (nSPS) is 13.5. The van der Waals surface area contributed by atoms with Gasteiger partial charge in [0.2, 0.25) is 0 Å². The van der Waals surface area contributed by atoms with E-state index in [-0.39, 0.29) is 0 Å². The van der Waals surface area contributed by atoms with Crippen LogP contribution in [-0.2, 0) is 6.54 Å². The van der Waals surface area contributed by atoms with Crippen LogP contribution in [0.4, 0.5) is 0 Å². The Morgan fingerprint density at radius 2 is 2.13 bits per heavy atom. The molecule has 1 N–H and O–H groups in total. The van der Waals surface area contributed by atoms with Crippen LogP contribution in [0.1, 0.15) is 45.4 Å². The second-order valence-electron chi connectivity index (χ2n) is 4.18. The van der Waals surface area contributed by atoms with Crippen LogP contribution < -0.4 is 0 Å². The van der Waals surface area contributed by atoms with Crippen LogP contribution >= 0.6 is 15.9 Å². The Labute approximate surface area is 99.6 Å². The first-order chi connectivity index (χ1) is 7.06. The Kier molecular flexibility index (Phi) is 4.80. The number of halogens is 1. The molecule has 0 amide bonds. The van der Waals surface area contributed by atoms with Crippen molar-refractivity contribution in [1.29, 1.82) is 0 Å². The number of rotatable bonds is 5. The lowest BCUT2D eigenvalue weighted by Crippen LogP contribution is -2.09. The summed E-state index contributed by atoms with van der Waals surface area (Å²) in [5, 5.41) is 14.3. The molecular weight excluding hydrogens is 256 g/mol. The summed E-state index contributed by atoms with van der Waals surface area (Å²) in [6.07, 6.45) is 3.16. The maximum atomic E-state index is 10.1. The van der Waals surface area contributed by atoms with E-state index in [0.717, 1.165) is 29.6 Å². The average Bonchev–Trinajstić information content (AvgIpc) is 2.56. The number of aliphatic hydroxyl groups is 1. The van der Waals surface area contributed by atoms with Gasteiger partial charge in [0.25, 0.3) is 0 Å². The van der Waals surface area contributed by atoms with Gasteiger partial charge in [0, 0.05) is 6.54 Å². The molecule has 0 saturated carbocycles. The third-order valence-electron chi connectivity index (χ3n) is 2.47. The Morgan fingerprint density at radius 1 is 1.47 bits per heavy atom. The van der Waals surface area contributed by atoms with Crippen molar-refractivity contribution in [2.45, 2.75) is 46.3 Å². The molecule has 86 valence electrons. The lowest BCUT2D eigenvalue weighted by Gasteiger charge is -2.14. The van der Waals surface area contributed by atoms with E-state index in [4.69, 9.17) is 0 Å². The van der Waals surface area contributed by atoms with E-state index >= 15 is 0 Å². The Bertz CT molecular complexity index is 310. The van der Waals surface area contributed by atoms with Gasteiger partial charge in [-0.1, -0.05) is 13.8 Å². The van der Waals surface area contributed by atoms with Crippen LogP contribution in [-0.4, -0.2) is 14.9 Å². The minimum Gasteiger partial charge on any atom is -0.387 e. The smallest absolute Gasteiger partial charge is 0.0968 e. The fourth-order valence-corrected chi connectivity index (χ4v) is 2.14. The van der Waals surface area contributed by atoms with E-state index in [0.29, 0.717) is 5.92 Å². The maximum Gasteiger partial charge on any atom is 0.0968 e. The van der Waals surface area contributed by atoms with Gasteiger partial charge in [0.1, 0.15) is 0 Å². The predicted octanol–water partition coefficient (Wildman–Crippen LogP) is 3.14. The van der Waals surface area contributed by atoms with Gasteiger partial charge in [-0.25, -0.2) is 0 Å². The first-order valence-electron chi connectivity index (χ1n) is 5.45. The maximum absolute atomic E-state index is 10.1. The highest BCUT2D eigenvalue weighted by molar-refractivity contribution is 9.10. The Morgan fingerprint density at radius 3 is 2.67 bits per heavy atom. The molecule has 0 aliphatic carbocycles. The number of aryl methyl sites for hydroxylation is 1. The first kappa shape index (κ1) is 12.7. The molecule has 3 nitrogen and oxygen atoms in total. The van der Waals surface area contributed by atoms with Crippen molar-refractivity contribution < 1.29 is 5.11 Å². The number of hydrogen-bond acceptors (Lipinski definition) is 2. The summed E-state index contributed by atoms with van der Waals surface area (Å²) in [5.74, 6) is 0.622. The van der Waals surface area contributed by atoms with Crippen LogP contribution in [0.2, 0.25) is 0 Å². The summed E-state index contributed by atoms with van der Waals surface area (Å²) in [4.78, 5) is 0. The van der Waals surface area contributed by atoms with Crippen LogP contribution in [0.3, 0.4) is 0 Å². The van der Waals surface area contributed by atoms with Gasteiger partial charge in [-0.3, -0.25) is 4.68 Å². The molecule has 1 unspecified atom stereocenters. The number of aliphatic hydroxyl groups excluding tert-OH is 1. The SMILES string of the molecule is CCn1ncc(Br)c1C(O)CCC(C)C. The van der Waals surface area contributed by atoms with Crippen molar-refractivity contribution in [3.63, 3.8) is 0 Å². The zero-order valence-electron chi connectivity index (χ0n) is 9.57. The number of hydrogen-bond donors (Lipinski definition) is 1. The van der Waals surface area contributed by atoms with Crippen LogP contribution in [0.5, 0.6) is 0 Å². The van der Waals surface area contributed by atoms with Crippen molar-refractivity contribution >= 4 is 15.9 Å². The van der Waals surface area contributed by atoms with Crippen LogP contribution in [0, 0.1) is 5.92 Å². The van der Waals surface area contributed by atoms with Gasteiger partial charge >= 0.3 is 0 Å². The average molecular weight is 275 g/mol. The van der Waals surface area contributed by atoms with Gasteiger partial charge in [-0.2, -0.15) is 5.10 Å². The topological polar surface area (TPSA) is 38.0 Å². The van der Waals surface area contributed by atoms with Crippen molar-refractivity contribution in [2.75, 3.05) is 0 Å². The second kappa shape index (κ2) is 5.66. The minimum atomic E-state index is -0.413. The summed E-state index contributed by atoms with van der Waals surface area (Å²) >= 11 is 3.42. The molecule has 0 aliphatic rings. The van der Waals surface area contributed by atoms with Gasteiger partial charge in [0.05, 0.1) is 22.5 Å². The molecule has 1 aromatic heterocycles. The Balaban J connectivity index is 2.71. The van der Waals surface area contributed by atoms with Gasteiger partial charge < -0.3 is 5.11 Å². The minimum absolute atomic E-state index is 0.413. The second-order valence-corrected chi connectivity index (χ2v) is 5.03. The summed E-state index contributed by atoms with van der Waals surface area (Å²) in [6.45, 7) is 7.15. The van der Waals surface area contributed by atoms with E-state index in [1.54, 1.807) is 6.20 Å². The molecule has 0 bridgehead atoms. The monoisotopic (exact) mass is 274 g/mol. The lowest BCUT2D eigenvalue weighted by atomic mass is 10.0. The van der Waals surface area contributed by atoms with Gasteiger partial charge in [-0.05, 0) is 41.6 Å². The summed E-state index contributed by atoms with van der Waals surface area (Å²) in [6, 6.07) is 0. The van der Waals surface area contributed by atoms with Crippen LogP contribution in [0.25, 0.3) is 0 Å². The third-order valence-corrected chi connectivity index (χ3v) is 3.08. The lowest BCUT2D eigenvalue weighted by molar-refractivity contribution is 0.148. The molecule has 15 heavy (non-hydrogen) atoms. The van der Waals surface area contributed by atoms with Gasteiger partial charge in [-0.15, -0.1) is 0 Å². The molecule has 4 heteroatoms. The van der Waals surface area contributed by atoms with Crippen molar-refractivity contribution in [1.82, 2.24) is 9.78 Å². The molecule has 0 fully saturated rings. The molecule has 1 aromatic rings. The molecule has 0 aliphatic heterocycles. The molecule has 1 rings (SSSR count). The standard InChI is InChI=1S/C11H19BrN2O/c1-4-14-11(9(12)7-13-14)10(15)6-5-8(2)3/h7-8,10,15H,4-6H2,1-3H3. The molecule has 0 radical (unpaired) electrons. The predicted molar refractivity (Wildman–Crippen MR) is 64.6 cm³/mol. The third kappa shape index (κ3) is 3.31. The van der Waals surface area contributed by atoms with E-state index in [2.05, 4.69) is 34.9 Å². The molecule has 0 aromatic carbocycles. The largest absolute Gasteiger partial charge is 0.387 e. The fraction of sp³-hybridized carbons (Fsp3) is 0.727. The number of nitrogens with zero attached hydrogens (tertiary/aromatic N) is 2. The van der Waals surface area contributed by atoms with Crippen molar-refractivity contribution in [3.8, 4) is 0 Å². The van der Waals surface area contributed by atoms with Crippen molar-refractivity contribution in [3.05, 3.63) is 16.4 Å². The Hall–Kier alpha value is -0.350. The highest BCUT2D eigenvalue weighted by atomic mass is 79.9. The summed E-state index contributed by atoms with van der Waals surface area (Å²) < 4.78 is 2.75. The van der Waals surface area contributed by atoms with Crippen molar-refractivity contribution in [2.24, 2.45) is 5.92 Å². The van der Waals surface area contributed by atoms with E-state index < -0.39 is 6.10 Å². The van der Waals surface area contributed by atoms with Gasteiger partial charge in [0.15, 0.2) is 0 Å². The summed E-state index contributed by atoms with van der Waals surface area (Å²) in [7, 11) is 0. The molecule has 1 atom stereocenters. The quantitative estimate of drug-likeness (QED) is 0.896. The highest BCUT2D eigenvalue weighted by Crippen LogP contribution is 2.27. The van der Waals surface area contributed by atoms with Crippen LogP contribution in [0.15, 0.2) is 10.7 Å². The van der Waals surface area contributed by atoms with E-state index in [1.807, 2.05) is 11.6 Å². The molecule has 0 spiro atoms. The zero-order valence-corrected chi connectivity index (χ0v) is 11.2.